The van der Waals surface area contributed by atoms with Crippen LogP contribution in [0, 0.1) is 17.0 Å². The van der Waals surface area contributed by atoms with E-state index < -0.39 is 4.92 Å². The van der Waals surface area contributed by atoms with Gasteiger partial charge in [0.05, 0.1) is 4.92 Å². The molecule has 0 aromatic carbocycles. The SMILES string of the molecule is Cc1[nH]nc(C(=O)N2CCSC3(CCCCC3)C2)c1[N+](=O)[O-]. The number of nitrogens with zero attached hydrogens (tertiary/aromatic N) is 3. The van der Waals surface area contributed by atoms with Gasteiger partial charge in [-0.15, -0.1) is 0 Å². The van der Waals surface area contributed by atoms with Crippen molar-refractivity contribution < 1.29 is 9.72 Å². The van der Waals surface area contributed by atoms with Crippen LogP contribution in [0.3, 0.4) is 0 Å². The summed E-state index contributed by atoms with van der Waals surface area (Å²) in [5.41, 5.74) is 0.0772. The summed E-state index contributed by atoms with van der Waals surface area (Å²) in [6.45, 7) is 2.88. The number of aromatic amines is 1. The van der Waals surface area contributed by atoms with Crippen molar-refractivity contribution in [2.24, 2.45) is 0 Å². The first-order chi connectivity index (χ1) is 10.5. The molecule has 1 aliphatic carbocycles. The number of carbonyl (C=O) groups is 1. The molecule has 1 amide bonds. The van der Waals surface area contributed by atoms with E-state index >= 15 is 0 Å². The van der Waals surface area contributed by atoms with Gasteiger partial charge in [0.1, 0.15) is 5.69 Å². The molecular formula is C14H20N4O3S. The van der Waals surface area contributed by atoms with Crippen LogP contribution in [0.1, 0.15) is 48.3 Å². The molecule has 120 valence electrons. The smallest absolute Gasteiger partial charge is 0.322 e. The average molecular weight is 324 g/mol. The average Bonchev–Trinajstić information content (AvgIpc) is 2.89. The maximum Gasteiger partial charge on any atom is 0.322 e. The van der Waals surface area contributed by atoms with Crippen LogP contribution in [0.2, 0.25) is 0 Å². The highest BCUT2D eigenvalue weighted by Crippen LogP contribution is 2.43. The molecule has 0 radical (unpaired) electrons. The quantitative estimate of drug-likeness (QED) is 0.666. The lowest BCUT2D eigenvalue weighted by Gasteiger charge is -2.44. The van der Waals surface area contributed by atoms with Gasteiger partial charge >= 0.3 is 5.69 Å². The summed E-state index contributed by atoms with van der Waals surface area (Å²) < 4.78 is 0.145. The van der Waals surface area contributed by atoms with Gasteiger partial charge in [-0.05, 0) is 19.8 Å². The summed E-state index contributed by atoms with van der Waals surface area (Å²) >= 11 is 1.96. The number of rotatable bonds is 2. The fourth-order valence-electron chi connectivity index (χ4n) is 3.46. The first-order valence-corrected chi connectivity index (χ1v) is 8.64. The van der Waals surface area contributed by atoms with E-state index in [1.165, 1.54) is 19.3 Å². The Labute approximate surface area is 133 Å². The van der Waals surface area contributed by atoms with Gasteiger partial charge in [0.25, 0.3) is 5.91 Å². The number of thioether (sulfide) groups is 1. The number of nitro groups is 1. The zero-order valence-corrected chi connectivity index (χ0v) is 13.4. The van der Waals surface area contributed by atoms with Crippen LogP contribution in [0.5, 0.6) is 0 Å². The largest absolute Gasteiger partial charge is 0.335 e. The monoisotopic (exact) mass is 324 g/mol. The van der Waals surface area contributed by atoms with Gasteiger partial charge in [-0.3, -0.25) is 20.0 Å². The second-order valence-electron chi connectivity index (χ2n) is 6.12. The van der Waals surface area contributed by atoms with Crippen molar-refractivity contribution in [1.82, 2.24) is 15.1 Å². The fourth-order valence-corrected chi connectivity index (χ4v) is 5.03. The van der Waals surface area contributed by atoms with Gasteiger partial charge in [-0.1, -0.05) is 19.3 Å². The number of H-pyrrole nitrogens is 1. The molecule has 22 heavy (non-hydrogen) atoms. The Morgan fingerprint density at radius 1 is 1.41 bits per heavy atom. The second-order valence-corrected chi connectivity index (χ2v) is 7.68. The van der Waals surface area contributed by atoms with Crippen LogP contribution in [0.15, 0.2) is 0 Å². The first-order valence-electron chi connectivity index (χ1n) is 7.65. The number of aromatic nitrogens is 2. The van der Waals surface area contributed by atoms with Gasteiger partial charge < -0.3 is 4.90 Å². The Bertz CT molecular complexity index is 589. The second kappa shape index (κ2) is 5.91. The Kier molecular flexibility index (Phi) is 4.12. The van der Waals surface area contributed by atoms with Crippen molar-refractivity contribution in [3.05, 3.63) is 21.5 Å². The van der Waals surface area contributed by atoms with Crippen LogP contribution in [-0.2, 0) is 0 Å². The number of carbonyl (C=O) groups excluding carboxylic acids is 1. The summed E-state index contributed by atoms with van der Waals surface area (Å²) in [5.74, 6) is 0.574. The lowest BCUT2D eigenvalue weighted by Crippen LogP contribution is -2.50. The van der Waals surface area contributed by atoms with Gasteiger partial charge in [0.2, 0.25) is 5.69 Å². The molecular weight excluding hydrogens is 304 g/mol. The minimum absolute atomic E-state index is 0.0552. The summed E-state index contributed by atoms with van der Waals surface area (Å²) in [7, 11) is 0. The van der Waals surface area contributed by atoms with Crippen LogP contribution in [0.4, 0.5) is 5.69 Å². The molecule has 1 aliphatic heterocycles. The molecule has 1 saturated carbocycles. The fraction of sp³-hybridized carbons (Fsp3) is 0.714. The first kappa shape index (κ1) is 15.3. The lowest BCUT2D eigenvalue weighted by molar-refractivity contribution is -0.385. The number of amides is 1. The van der Waals surface area contributed by atoms with Crippen LogP contribution in [-0.4, -0.2) is 49.5 Å². The van der Waals surface area contributed by atoms with Gasteiger partial charge in [-0.2, -0.15) is 16.9 Å². The maximum absolute atomic E-state index is 12.7. The number of nitrogens with one attached hydrogen (secondary N) is 1. The zero-order valence-electron chi connectivity index (χ0n) is 12.6. The third-order valence-corrected chi connectivity index (χ3v) is 6.14. The van der Waals surface area contributed by atoms with E-state index in [0.29, 0.717) is 18.8 Å². The maximum atomic E-state index is 12.7. The summed E-state index contributed by atoms with van der Waals surface area (Å²) in [6.07, 6.45) is 5.93. The molecule has 2 heterocycles. The van der Waals surface area contributed by atoms with Gasteiger partial charge in [0, 0.05) is 23.6 Å². The predicted molar refractivity (Wildman–Crippen MR) is 84.2 cm³/mol. The van der Waals surface area contributed by atoms with E-state index in [0.717, 1.165) is 18.6 Å². The Morgan fingerprint density at radius 3 is 2.82 bits per heavy atom. The molecule has 2 aliphatic rings. The molecule has 7 nitrogen and oxygen atoms in total. The molecule has 8 heteroatoms. The lowest BCUT2D eigenvalue weighted by atomic mass is 9.87. The van der Waals surface area contributed by atoms with Crippen molar-refractivity contribution in [2.45, 2.75) is 43.8 Å². The summed E-state index contributed by atoms with van der Waals surface area (Å²) in [5, 5.41) is 17.6. The predicted octanol–water partition coefficient (Wildman–Crippen LogP) is 2.52. The Balaban J connectivity index is 1.81. The van der Waals surface area contributed by atoms with E-state index in [1.807, 2.05) is 11.8 Å². The molecule has 1 aromatic rings. The topological polar surface area (TPSA) is 92.1 Å². The highest BCUT2D eigenvalue weighted by molar-refractivity contribution is 8.00. The summed E-state index contributed by atoms with van der Waals surface area (Å²) in [4.78, 5) is 25.1. The third kappa shape index (κ3) is 2.71. The molecule has 0 atom stereocenters. The van der Waals surface area contributed by atoms with E-state index in [2.05, 4.69) is 10.2 Å². The zero-order chi connectivity index (χ0) is 15.7. The Hall–Kier alpha value is -1.57. The van der Waals surface area contributed by atoms with E-state index in [4.69, 9.17) is 0 Å². The van der Waals surface area contributed by atoms with Crippen molar-refractivity contribution in [1.29, 1.82) is 0 Å². The number of aryl methyl sites for hydroxylation is 1. The molecule has 0 bridgehead atoms. The number of hydrogen-bond acceptors (Lipinski definition) is 5. The summed E-state index contributed by atoms with van der Waals surface area (Å²) in [6, 6.07) is 0. The van der Waals surface area contributed by atoms with Crippen LogP contribution >= 0.6 is 11.8 Å². The standard InChI is InChI=1S/C14H20N4O3S/c1-10-12(18(20)21)11(16-15-10)13(19)17-7-8-22-14(9-17)5-3-2-4-6-14/h2-9H2,1H3,(H,15,16). The normalized spacial score (nSPS) is 21.0. The van der Waals surface area contributed by atoms with Crippen molar-refractivity contribution in [3.63, 3.8) is 0 Å². The molecule has 0 unspecified atom stereocenters. The number of hydrogen-bond donors (Lipinski definition) is 1. The molecule has 1 N–H and O–H groups in total. The van der Waals surface area contributed by atoms with Crippen LogP contribution < -0.4 is 0 Å². The Morgan fingerprint density at radius 2 is 2.14 bits per heavy atom. The molecule has 2 fully saturated rings. The molecule has 1 aromatic heterocycles. The highest BCUT2D eigenvalue weighted by Gasteiger charge is 2.40. The van der Waals surface area contributed by atoms with E-state index in [-0.39, 0.29) is 22.0 Å². The molecule has 3 rings (SSSR count). The van der Waals surface area contributed by atoms with Gasteiger partial charge in [-0.25, -0.2) is 0 Å². The van der Waals surface area contributed by atoms with Crippen LogP contribution in [0.25, 0.3) is 0 Å². The van der Waals surface area contributed by atoms with Crippen molar-refractivity contribution in [2.75, 3.05) is 18.8 Å². The highest BCUT2D eigenvalue weighted by atomic mass is 32.2. The van der Waals surface area contributed by atoms with Crippen molar-refractivity contribution >= 4 is 23.4 Å². The minimum Gasteiger partial charge on any atom is -0.335 e. The van der Waals surface area contributed by atoms with E-state index in [1.54, 1.807) is 11.8 Å². The molecule has 1 spiro atoms. The molecule has 1 saturated heterocycles. The van der Waals surface area contributed by atoms with E-state index in [9.17, 15) is 14.9 Å². The third-order valence-electron chi connectivity index (χ3n) is 4.60. The van der Waals surface area contributed by atoms with Gasteiger partial charge in [0.15, 0.2) is 0 Å². The minimum atomic E-state index is -0.527. The van der Waals surface area contributed by atoms with Crippen molar-refractivity contribution in [3.8, 4) is 0 Å².